The van der Waals surface area contributed by atoms with Gasteiger partial charge in [-0.1, -0.05) is 19.9 Å². The molecule has 112 valence electrons. The number of esters is 2. The number of ether oxygens (including phenoxy) is 2. The monoisotopic (exact) mass is 293 g/mol. The molecule has 0 amide bonds. The van der Waals surface area contributed by atoms with Crippen molar-refractivity contribution in [1.82, 2.24) is 0 Å². The van der Waals surface area contributed by atoms with E-state index in [4.69, 9.17) is 9.47 Å². The van der Waals surface area contributed by atoms with Gasteiger partial charge in [0.1, 0.15) is 5.75 Å². The highest BCUT2D eigenvalue weighted by molar-refractivity contribution is 5.92. The number of nitrogens with zero attached hydrogens (tertiary/aromatic N) is 1. The average Bonchev–Trinajstić information content (AvgIpc) is 2.43. The summed E-state index contributed by atoms with van der Waals surface area (Å²) in [5, 5.41) is 10.6. The van der Waals surface area contributed by atoms with E-state index >= 15 is 0 Å². The van der Waals surface area contributed by atoms with Gasteiger partial charge in [-0.25, -0.2) is 9.59 Å². The highest BCUT2D eigenvalue weighted by Gasteiger charge is 2.09. The van der Waals surface area contributed by atoms with E-state index in [1.165, 1.54) is 18.2 Å². The first kappa shape index (κ1) is 16.4. The number of nitro groups is 1. The van der Waals surface area contributed by atoms with Gasteiger partial charge < -0.3 is 9.47 Å². The number of carbonyl (C=O) groups is 2. The molecule has 0 heterocycles. The third kappa shape index (κ3) is 6.33. The molecule has 7 nitrogen and oxygen atoms in total. The van der Waals surface area contributed by atoms with Crippen LogP contribution in [0.2, 0.25) is 0 Å². The zero-order chi connectivity index (χ0) is 15.8. The van der Waals surface area contributed by atoms with Crippen LogP contribution in [-0.4, -0.2) is 23.5 Å². The summed E-state index contributed by atoms with van der Waals surface area (Å²) in [4.78, 5) is 32.7. The molecule has 0 saturated heterocycles. The molecule has 0 aromatic heterocycles. The van der Waals surface area contributed by atoms with Crippen molar-refractivity contribution in [2.24, 2.45) is 5.92 Å². The molecule has 0 aliphatic rings. The Balaban J connectivity index is 2.55. The van der Waals surface area contributed by atoms with Crippen LogP contribution in [0.25, 0.3) is 0 Å². The quantitative estimate of drug-likeness (QED) is 0.262. The molecule has 21 heavy (non-hydrogen) atoms. The van der Waals surface area contributed by atoms with E-state index < -0.39 is 16.9 Å². The molecular weight excluding hydrogens is 278 g/mol. The lowest BCUT2D eigenvalue weighted by atomic mass is 10.2. The summed E-state index contributed by atoms with van der Waals surface area (Å²) in [5.41, 5.74) is -0.194. The van der Waals surface area contributed by atoms with Gasteiger partial charge in [0.15, 0.2) is 0 Å². The minimum Gasteiger partial charge on any atom is -0.462 e. The van der Waals surface area contributed by atoms with Gasteiger partial charge in [0.2, 0.25) is 0 Å². The Morgan fingerprint density at radius 1 is 1.29 bits per heavy atom. The molecule has 0 fully saturated rings. The molecule has 0 aliphatic carbocycles. The van der Waals surface area contributed by atoms with Crippen LogP contribution in [-0.2, 0) is 14.3 Å². The largest absolute Gasteiger partial charge is 0.462 e. The van der Waals surface area contributed by atoms with Crippen LogP contribution >= 0.6 is 0 Å². The van der Waals surface area contributed by atoms with Crippen LogP contribution in [0.4, 0.5) is 5.69 Å². The van der Waals surface area contributed by atoms with Crippen molar-refractivity contribution < 1.29 is 24.0 Å². The first-order chi connectivity index (χ1) is 9.88. The van der Waals surface area contributed by atoms with Gasteiger partial charge in [-0.2, -0.15) is 0 Å². The van der Waals surface area contributed by atoms with Gasteiger partial charge in [0, 0.05) is 18.2 Å². The van der Waals surface area contributed by atoms with Gasteiger partial charge in [-0.3, -0.25) is 10.1 Å². The number of nitro benzene ring substituents is 1. The maximum atomic E-state index is 11.4. The van der Waals surface area contributed by atoms with Crippen LogP contribution in [0.5, 0.6) is 5.75 Å². The maximum Gasteiger partial charge on any atom is 0.336 e. The van der Waals surface area contributed by atoms with E-state index in [-0.39, 0.29) is 24.0 Å². The second kappa shape index (κ2) is 7.78. The number of hydrogen-bond donors (Lipinski definition) is 0. The molecule has 0 N–H and O–H groups in total. The van der Waals surface area contributed by atoms with Crippen LogP contribution < -0.4 is 4.74 Å². The molecule has 0 spiro atoms. The van der Waals surface area contributed by atoms with E-state index in [1.807, 2.05) is 13.8 Å². The van der Waals surface area contributed by atoms with Crippen molar-refractivity contribution in [1.29, 1.82) is 0 Å². The Morgan fingerprint density at radius 2 is 1.95 bits per heavy atom. The number of benzene rings is 1. The summed E-state index contributed by atoms with van der Waals surface area (Å²) < 4.78 is 9.68. The van der Waals surface area contributed by atoms with Crippen LogP contribution in [0.1, 0.15) is 13.8 Å². The van der Waals surface area contributed by atoms with Crippen LogP contribution in [0.15, 0.2) is 36.4 Å². The fourth-order valence-corrected chi connectivity index (χ4v) is 1.24. The topological polar surface area (TPSA) is 95.7 Å². The van der Waals surface area contributed by atoms with Crippen molar-refractivity contribution in [2.45, 2.75) is 13.8 Å². The van der Waals surface area contributed by atoms with E-state index in [0.717, 1.165) is 18.2 Å². The van der Waals surface area contributed by atoms with Crippen LogP contribution in [0.3, 0.4) is 0 Å². The zero-order valence-electron chi connectivity index (χ0n) is 11.6. The molecule has 0 saturated carbocycles. The Hall–Kier alpha value is -2.70. The average molecular weight is 293 g/mol. The van der Waals surface area contributed by atoms with Gasteiger partial charge in [0.05, 0.1) is 17.6 Å². The molecular formula is C14H15NO6. The number of carbonyl (C=O) groups excluding carboxylic acids is 2. The Bertz CT molecular complexity index is 564. The number of hydrogen-bond acceptors (Lipinski definition) is 6. The molecule has 0 unspecified atom stereocenters. The SMILES string of the molecule is CC(C)COC(=O)/C=C/C(=O)Oc1cccc([N+](=O)[O-])c1. The second-order valence-corrected chi connectivity index (χ2v) is 4.53. The predicted molar refractivity (Wildman–Crippen MR) is 73.7 cm³/mol. The first-order valence-electron chi connectivity index (χ1n) is 6.19. The molecule has 0 atom stereocenters. The van der Waals surface area contributed by atoms with Gasteiger partial charge >= 0.3 is 11.9 Å². The number of non-ortho nitro benzene ring substituents is 1. The minimum absolute atomic E-state index is 0.0226. The third-order valence-electron chi connectivity index (χ3n) is 2.16. The summed E-state index contributed by atoms with van der Waals surface area (Å²) >= 11 is 0. The zero-order valence-corrected chi connectivity index (χ0v) is 11.6. The van der Waals surface area contributed by atoms with Crippen molar-refractivity contribution in [2.75, 3.05) is 6.61 Å². The van der Waals surface area contributed by atoms with Crippen molar-refractivity contribution >= 4 is 17.6 Å². The summed E-state index contributed by atoms with van der Waals surface area (Å²) in [6.07, 6.45) is 1.85. The van der Waals surface area contributed by atoms with Gasteiger partial charge in [-0.05, 0) is 12.0 Å². The fraction of sp³-hybridized carbons (Fsp3) is 0.286. The van der Waals surface area contributed by atoms with E-state index in [1.54, 1.807) is 0 Å². The second-order valence-electron chi connectivity index (χ2n) is 4.53. The third-order valence-corrected chi connectivity index (χ3v) is 2.16. The molecule has 1 aromatic rings. The Labute approximate surface area is 121 Å². The predicted octanol–water partition coefficient (Wildman–Crippen LogP) is 2.26. The Kier molecular flexibility index (Phi) is 6.06. The summed E-state index contributed by atoms with van der Waals surface area (Å²) in [5.74, 6) is -1.26. The maximum absolute atomic E-state index is 11.4. The van der Waals surface area contributed by atoms with Crippen molar-refractivity contribution in [3.8, 4) is 5.75 Å². The lowest BCUT2D eigenvalue weighted by Crippen LogP contribution is -2.09. The molecule has 0 bridgehead atoms. The smallest absolute Gasteiger partial charge is 0.336 e. The summed E-state index contributed by atoms with van der Waals surface area (Å²) in [6.45, 7) is 4.02. The molecule has 1 aromatic carbocycles. The highest BCUT2D eigenvalue weighted by atomic mass is 16.6. The molecule has 0 radical (unpaired) electrons. The lowest BCUT2D eigenvalue weighted by molar-refractivity contribution is -0.384. The Morgan fingerprint density at radius 3 is 2.57 bits per heavy atom. The van der Waals surface area contributed by atoms with Crippen LogP contribution in [0, 0.1) is 16.0 Å². The summed E-state index contributed by atoms with van der Waals surface area (Å²) in [7, 11) is 0. The normalized spacial score (nSPS) is 10.6. The van der Waals surface area contributed by atoms with Crippen molar-refractivity contribution in [3.63, 3.8) is 0 Å². The molecule has 0 aliphatic heterocycles. The molecule has 7 heteroatoms. The van der Waals surface area contributed by atoms with Crippen molar-refractivity contribution in [3.05, 3.63) is 46.5 Å². The van der Waals surface area contributed by atoms with E-state index in [2.05, 4.69) is 0 Å². The standard InChI is InChI=1S/C14H15NO6/c1-10(2)9-20-13(16)6-7-14(17)21-12-5-3-4-11(8-12)15(18)19/h3-8,10H,9H2,1-2H3/b7-6+. The first-order valence-corrected chi connectivity index (χ1v) is 6.19. The fourth-order valence-electron chi connectivity index (χ4n) is 1.24. The summed E-state index contributed by atoms with van der Waals surface area (Å²) in [6, 6.07) is 5.18. The highest BCUT2D eigenvalue weighted by Crippen LogP contribution is 2.19. The van der Waals surface area contributed by atoms with Gasteiger partial charge in [-0.15, -0.1) is 0 Å². The van der Waals surface area contributed by atoms with Gasteiger partial charge in [0.25, 0.3) is 5.69 Å². The minimum atomic E-state index is -0.822. The van der Waals surface area contributed by atoms with E-state index in [9.17, 15) is 19.7 Å². The molecule has 1 rings (SSSR count). The lowest BCUT2D eigenvalue weighted by Gasteiger charge is -2.04. The van der Waals surface area contributed by atoms with E-state index in [0.29, 0.717) is 0 Å². The number of rotatable bonds is 6.